The molecule has 0 aromatic carbocycles. The van der Waals surface area contributed by atoms with Gasteiger partial charge < -0.3 is 14.0 Å². The van der Waals surface area contributed by atoms with Crippen molar-refractivity contribution < 1.29 is 22.5 Å². The topological polar surface area (TPSA) is 106 Å². The third kappa shape index (κ3) is 2.70. The standard InChI is InChI=1S/C11H14N2O5S/c1-7-10(6-14)11(8(2)17-7)19(15,16)13-5-9-3-4-12-18-9/h3-4,13-14H,5-6H2,1-2H3. The number of hydrogen-bond donors (Lipinski definition) is 2. The van der Waals surface area contributed by atoms with Gasteiger partial charge in [0.15, 0.2) is 5.76 Å². The van der Waals surface area contributed by atoms with Gasteiger partial charge in [-0.05, 0) is 13.8 Å². The van der Waals surface area contributed by atoms with Crippen LogP contribution in [-0.2, 0) is 23.2 Å². The quantitative estimate of drug-likeness (QED) is 0.844. The van der Waals surface area contributed by atoms with Crippen LogP contribution < -0.4 is 4.72 Å². The number of nitrogens with zero attached hydrogens (tertiary/aromatic N) is 1. The molecule has 0 spiro atoms. The molecule has 0 aliphatic heterocycles. The largest absolute Gasteiger partial charge is 0.465 e. The molecular weight excluding hydrogens is 272 g/mol. The van der Waals surface area contributed by atoms with E-state index in [0.717, 1.165) is 0 Å². The first-order valence-electron chi connectivity index (χ1n) is 5.54. The number of nitrogens with one attached hydrogen (secondary N) is 1. The predicted octanol–water partition coefficient (Wildman–Crippen LogP) is 0.855. The lowest BCUT2D eigenvalue weighted by Crippen LogP contribution is -2.24. The number of aliphatic hydroxyl groups is 1. The first-order valence-corrected chi connectivity index (χ1v) is 7.03. The van der Waals surface area contributed by atoms with Crippen molar-refractivity contribution in [2.45, 2.75) is 31.9 Å². The molecular formula is C11H14N2O5S. The zero-order valence-corrected chi connectivity index (χ0v) is 11.3. The number of rotatable bonds is 5. The van der Waals surface area contributed by atoms with E-state index in [2.05, 4.69) is 9.88 Å². The molecule has 0 bridgehead atoms. The summed E-state index contributed by atoms with van der Waals surface area (Å²) in [6.45, 7) is 2.72. The minimum Gasteiger partial charge on any atom is -0.465 e. The van der Waals surface area contributed by atoms with Crippen molar-refractivity contribution in [3.8, 4) is 0 Å². The molecule has 0 fully saturated rings. The molecule has 0 amide bonds. The summed E-state index contributed by atoms with van der Waals surface area (Å²) in [7, 11) is -3.78. The summed E-state index contributed by atoms with van der Waals surface area (Å²) < 4.78 is 36.8. The van der Waals surface area contributed by atoms with E-state index in [9.17, 15) is 13.5 Å². The molecule has 2 heterocycles. The molecule has 0 aliphatic carbocycles. The van der Waals surface area contributed by atoms with Gasteiger partial charge in [0, 0.05) is 11.6 Å². The zero-order valence-electron chi connectivity index (χ0n) is 10.5. The predicted molar refractivity (Wildman–Crippen MR) is 64.6 cm³/mol. The van der Waals surface area contributed by atoms with E-state index >= 15 is 0 Å². The Morgan fingerprint density at radius 1 is 1.37 bits per heavy atom. The normalized spacial score (nSPS) is 11.9. The van der Waals surface area contributed by atoms with Gasteiger partial charge in [0.25, 0.3) is 0 Å². The Morgan fingerprint density at radius 2 is 2.11 bits per heavy atom. The summed E-state index contributed by atoms with van der Waals surface area (Å²) in [5.41, 5.74) is 0.266. The summed E-state index contributed by atoms with van der Waals surface area (Å²) in [6, 6.07) is 1.56. The fraction of sp³-hybridized carbons (Fsp3) is 0.364. The number of sulfonamides is 1. The van der Waals surface area contributed by atoms with Gasteiger partial charge in [0.1, 0.15) is 16.4 Å². The van der Waals surface area contributed by atoms with Crippen LogP contribution in [-0.4, -0.2) is 18.7 Å². The van der Waals surface area contributed by atoms with E-state index in [0.29, 0.717) is 11.5 Å². The monoisotopic (exact) mass is 286 g/mol. The van der Waals surface area contributed by atoms with E-state index in [1.165, 1.54) is 13.1 Å². The molecule has 19 heavy (non-hydrogen) atoms. The van der Waals surface area contributed by atoms with Crippen LogP contribution in [0.1, 0.15) is 22.8 Å². The molecule has 0 saturated carbocycles. The number of aryl methyl sites for hydroxylation is 2. The Bertz CT molecular complexity index is 658. The third-order valence-corrected chi connectivity index (χ3v) is 4.28. The molecule has 8 heteroatoms. The average Bonchev–Trinajstić information content (AvgIpc) is 2.94. The van der Waals surface area contributed by atoms with Crippen LogP contribution in [0.5, 0.6) is 0 Å². The molecule has 0 aliphatic rings. The van der Waals surface area contributed by atoms with Gasteiger partial charge in [-0.3, -0.25) is 0 Å². The number of hydrogen-bond acceptors (Lipinski definition) is 6. The van der Waals surface area contributed by atoms with Crippen molar-refractivity contribution in [2.24, 2.45) is 0 Å². The van der Waals surface area contributed by atoms with Crippen molar-refractivity contribution in [3.63, 3.8) is 0 Å². The average molecular weight is 286 g/mol. The van der Waals surface area contributed by atoms with Crippen molar-refractivity contribution in [2.75, 3.05) is 0 Å². The molecule has 0 atom stereocenters. The van der Waals surface area contributed by atoms with E-state index in [-0.39, 0.29) is 22.8 Å². The lowest BCUT2D eigenvalue weighted by Gasteiger charge is -2.05. The van der Waals surface area contributed by atoms with Gasteiger partial charge in [-0.2, -0.15) is 0 Å². The first-order chi connectivity index (χ1) is 8.95. The highest BCUT2D eigenvalue weighted by Crippen LogP contribution is 2.26. The van der Waals surface area contributed by atoms with E-state index in [1.54, 1.807) is 13.0 Å². The first kappa shape index (κ1) is 13.8. The summed E-state index contributed by atoms with van der Waals surface area (Å²) in [5, 5.41) is 12.7. The minimum atomic E-state index is -3.78. The molecule has 0 unspecified atom stereocenters. The maximum atomic E-state index is 12.2. The van der Waals surface area contributed by atoms with Gasteiger partial charge in [0.2, 0.25) is 10.0 Å². The van der Waals surface area contributed by atoms with Crippen LogP contribution in [0.3, 0.4) is 0 Å². The second-order valence-electron chi connectivity index (χ2n) is 3.98. The summed E-state index contributed by atoms with van der Waals surface area (Å²) >= 11 is 0. The lowest BCUT2D eigenvalue weighted by atomic mass is 10.2. The molecule has 0 saturated heterocycles. The summed E-state index contributed by atoms with van der Waals surface area (Å²) in [4.78, 5) is -0.0213. The highest BCUT2D eigenvalue weighted by atomic mass is 32.2. The highest BCUT2D eigenvalue weighted by Gasteiger charge is 2.26. The van der Waals surface area contributed by atoms with Gasteiger partial charge in [-0.25, -0.2) is 13.1 Å². The van der Waals surface area contributed by atoms with Crippen molar-refractivity contribution in [1.82, 2.24) is 9.88 Å². The molecule has 2 aromatic rings. The van der Waals surface area contributed by atoms with E-state index in [1.807, 2.05) is 0 Å². The van der Waals surface area contributed by atoms with Crippen molar-refractivity contribution in [3.05, 3.63) is 35.1 Å². The van der Waals surface area contributed by atoms with Gasteiger partial charge in [0.05, 0.1) is 19.3 Å². The van der Waals surface area contributed by atoms with E-state index < -0.39 is 16.6 Å². The fourth-order valence-corrected chi connectivity index (χ4v) is 3.25. The van der Waals surface area contributed by atoms with Crippen LogP contribution in [0.2, 0.25) is 0 Å². The lowest BCUT2D eigenvalue weighted by molar-refractivity contribution is 0.276. The molecule has 7 nitrogen and oxygen atoms in total. The molecule has 2 N–H and O–H groups in total. The second kappa shape index (κ2) is 5.16. The maximum absolute atomic E-state index is 12.2. The van der Waals surface area contributed by atoms with Gasteiger partial charge in [-0.1, -0.05) is 5.16 Å². The highest BCUT2D eigenvalue weighted by molar-refractivity contribution is 7.89. The minimum absolute atomic E-state index is 0.0170. The van der Waals surface area contributed by atoms with Crippen LogP contribution in [0.25, 0.3) is 0 Å². The van der Waals surface area contributed by atoms with Gasteiger partial charge in [-0.15, -0.1) is 0 Å². The summed E-state index contributed by atoms with van der Waals surface area (Å²) in [6.07, 6.45) is 1.43. The fourth-order valence-electron chi connectivity index (χ4n) is 1.82. The number of furan rings is 1. The number of aliphatic hydroxyl groups excluding tert-OH is 1. The van der Waals surface area contributed by atoms with E-state index in [4.69, 9.17) is 8.94 Å². The van der Waals surface area contributed by atoms with Crippen LogP contribution >= 0.6 is 0 Å². The Hall–Kier alpha value is -1.64. The molecule has 2 aromatic heterocycles. The Kier molecular flexibility index (Phi) is 3.74. The summed E-state index contributed by atoms with van der Waals surface area (Å²) in [5.74, 6) is 1.03. The SMILES string of the molecule is Cc1oc(C)c(S(=O)(=O)NCc2ccno2)c1CO. The molecule has 2 rings (SSSR count). The Labute approximate surface area is 110 Å². The number of aromatic nitrogens is 1. The van der Waals surface area contributed by atoms with Gasteiger partial charge >= 0.3 is 0 Å². The Morgan fingerprint density at radius 3 is 2.68 bits per heavy atom. The third-order valence-electron chi connectivity index (χ3n) is 2.68. The van der Waals surface area contributed by atoms with Crippen molar-refractivity contribution in [1.29, 1.82) is 0 Å². The zero-order chi connectivity index (χ0) is 14.0. The van der Waals surface area contributed by atoms with Crippen molar-refractivity contribution >= 4 is 10.0 Å². The molecule has 0 radical (unpaired) electrons. The van der Waals surface area contributed by atoms with Crippen LogP contribution in [0, 0.1) is 13.8 Å². The maximum Gasteiger partial charge on any atom is 0.244 e. The van der Waals surface area contributed by atoms with Crippen LogP contribution in [0.4, 0.5) is 0 Å². The Balaban J connectivity index is 2.29. The second-order valence-corrected chi connectivity index (χ2v) is 5.69. The van der Waals surface area contributed by atoms with Crippen LogP contribution in [0.15, 0.2) is 26.1 Å². The molecule has 104 valence electrons. The smallest absolute Gasteiger partial charge is 0.244 e.